The highest BCUT2D eigenvalue weighted by molar-refractivity contribution is 5.90. The van der Waals surface area contributed by atoms with Crippen LogP contribution in [0.2, 0.25) is 0 Å². The first-order valence-electron chi connectivity index (χ1n) is 14.9. The predicted octanol–water partition coefficient (Wildman–Crippen LogP) is 2.52. The largest absolute Gasteiger partial charge is 0.349 e. The monoisotopic (exact) mass is 518 g/mol. The number of fused-ring (bicyclic) bond motifs is 1. The van der Waals surface area contributed by atoms with Gasteiger partial charge in [0, 0.05) is 64.6 Å². The maximum absolute atomic E-state index is 13.9. The van der Waals surface area contributed by atoms with E-state index in [0.717, 1.165) is 44.6 Å². The summed E-state index contributed by atoms with van der Waals surface area (Å²) < 4.78 is 12.7. The van der Waals surface area contributed by atoms with Gasteiger partial charge >= 0.3 is 0 Å². The molecule has 5 aliphatic rings. The number of piperazine rings is 1. The molecule has 5 rings (SSSR count). The summed E-state index contributed by atoms with van der Waals surface area (Å²) in [4.78, 5) is 36.1. The SMILES string of the molecule is CC(C)CC(C(=O)N1CCC2(CC1)OCC(CN1CC3CC3C1)CO2)N1CCN(C)[C@@H](CC(C)C)C1=O. The van der Waals surface area contributed by atoms with E-state index < -0.39 is 5.79 Å². The number of carbonyl (C=O) groups excluding carboxylic acids is 2. The van der Waals surface area contributed by atoms with Crippen LogP contribution in [0.25, 0.3) is 0 Å². The molecular weight excluding hydrogens is 468 g/mol. The molecule has 0 aromatic rings. The summed E-state index contributed by atoms with van der Waals surface area (Å²) >= 11 is 0. The number of hydrogen-bond donors (Lipinski definition) is 0. The van der Waals surface area contributed by atoms with Crippen LogP contribution in [0, 0.1) is 29.6 Å². The summed E-state index contributed by atoms with van der Waals surface area (Å²) in [5, 5.41) is 0. The Bertz CT molecular complexity index is 807. The average Bonchev–Trinajstić information content (AvgIpc) is 3.47. The molecule has 8 heteroatoms. The summed E-state index contributed by atoms with van der Waals surface area (Å²) in [6.07, 6.45) is 4.39. The molecule has 0 bridgehead atoms. The van der Waals surface area contributed by atoms with Crippen LogP contribution in [0.5, 0.6) is 0 Å². The Morgan fingerprint density at radius 2 is 1.62 bits per heavy atom. The summed E-state index contributed by atoms with van der Waals surface area (Å²) in [6.45, 7) is 16.4. The molecule has 0 radical (unpaired) electrons. The van der Waals surface area contributed by atoms with Gasteiger partial charge in [0.2, 0.25) is 11.8 Å². The smallest absolute Gasteiger partial charge is 0.245 e. The van der Waals surface area contributed by atoms with E-state index in [1.165, 1.54) is 19.5 Å². The number of ether oxygens (including phenoxy) is 2. The molecule has 0 aromatic heterocycles. The molecule has 210 valence electrons. The molecule has 8 nitrogen and oxygen atoms in total. The van der Waals surface area contributed by atoms with Crippen molar-refractivity contribution in [1.82, 2.24) is 19.6 Å². The minimum absolute atomic E-state index is 0.103. The lowest BCUT2D eigenvalue weighted by atomic mass is 9.94. The first-order chi connectivity index (χ1) is 17.6. The van der Waals surface area contributed by atoms with Crippen LogP contribution >= 0.6 is 0 Å². The molecule has 1 saturated carbocycles. The summed E-state index contributed by atoms with van der Waals surface area (Å²) in [6, 6.07) is -0.515. The van der Waals surface area contributed by atoms with Crippen molar-refractivity contribution >= 4 is 11.8 Å². The lowest BCUT2D eigenvalue weighted by molar-refractivity contribution is -0.298. The van der Waals surface area contributed by atoms with Crippen LogP contribution in [-0.4, -0.2) is 115 Å². The van der Waals surface area contributed by atoms with Crippen molar-refractivity contribution in [2.75, 3.05) is 66.1 Å². The average molecular weight is 519 g/mol. The van der Waals surface area contributed by atoms with E-state index in [1.54, 1.807) is 0 Å². The minimum atomic E-state index is -0.542. The van der Waals surface area contributed by atoms with Crippen molar-refractivity contribution in [3.63, 3.8) is 0 Å². The highest BCUT2D eigenvalue weighted by Gasteiger charge is 2.47. The molecule has 2 amide bonds. The van der Waals surface area contributed by atoms with E-state index in [-0.39, 0.29) is 23.9 Å². The summed E-state index contributed by atoms with van der Waals surface area (Å²) in [5.41, 5.74) is 0. The van der Waals surface area contributed by atoms with Crippen molar-refractivity contribution in [1.29, 1.82) is 0 Å². The van der Waals surface area contributed by atoms with Gasteiger partial charge in [-0.3, -0.25) is 14.5 Å². The van der Waals surface area contributed by atoms with Gasteiger partial charge in [-0.1, -0.05) is 27.7 Å². The standard InChI is InChI=1S/C29H50N4O4/c1-20(2)12-25-28(35)33(11-10-30(25)5)26(13-21(3)4)27(34)32-8-6-29(7-9-32)36-18-22(19-37-29)15-31-16-23-14-24(23)17-31/h20-26H,6-19H2,1-5H3/t23?,24?,25-,26?/m0/s1. The van der Waals surface area contributed by atoms with Crippen LogP contribution in [0.15, 0.2) is 0 Å². The molecule has 4 heterocycles. The van der Waals surface area contributed by atoms with Gasteiger partial charge < -0.3 is 24.2 Å². The molecule has 5 fully saturated rings. The van der Waals surface area contributed by atoms with Gasteiger partial charge in [0.25, 0.3) is 0 Å². The Morgan fingerprint density at radius 1 is 0.973 bits per heavy atom. The van der Waals surface area contributed by atoms with E-state index in [9.17, 15) is 9.59 Å². The maximum Gasteiger partial charge on any atom is 0.245 e. The lowest BCUT2D eigenvalue weighted by Crippen LogP contribution is -2.63. The number of likely N-dealkylation sites (tertiary alicyclic amines) is 2. The Balaban J connectivity index is 1.15. The number of nitrogens with zero attached hydrogens (tertiary/aromatic N) is 4. The molecule has 3 unspecified atom stereocenters. The topological polar surface area (TPSA) is 65.6 Å². The van der Waals surface area contributed by atoms with Gasteiger partial charge in [0.15, 0.2) is 5.79 Å². The first kappa shape index (κ1) is 27.4. The highest BCUT2D eigenvalue weighted by atomic mass is 16.7. The predicted molar refractivity (Wildman–Crippen MR) is 143 cm³/mol. The second-order valence-corrected chi connectivity index (χ2v) is 13.5. The van der Waals surface area contributed by atoms with Gasteiger partial charge in [-0.2, -0.15) is 0 Å². The fourth-order valence-electron chi connectivity index (χ4n) is 7.07. The van der Waals surface area contributed by atoms with E-state index in [1.807, 2.05) is 16.8 Å². The number of piperidine rings is 2. The van der Waals surface area contributed by atoms with Crippen LogP contribution in [0.3, 0.4) is 0 Å². The highest BCUT2D eigenvalue weighted by Crippen LogP contribution is 2.45. The zero-order chi connectivity index (χ0) is 26.3. The number of hydrogen-bond acceptors (Lipinski definition) is 6. The fraction of sp³-hybridized carbons (Fsp3) is 0.931. The zero-order valence-electron chi connectivity index (χ0n) is 23.9. The van der Waals surface area contributed by atoms with E-state index in [2.05, 4.69) is 37.5 Å². The Kier molecular flexibility index (Phi) is 8.21. The van der Waals surface area contributed by atoms with Crippen molar-refractivity contribution < 1.29 is 19.1 Å². The summed E-state index contributed by atoms with van der Waals surface area (Å²) in [7, 11) is 2.04. The molecule has 1 spiro atoms. The Labute approximate surface area is 224 Å². The van der Waals surface area contributed by atoms with Gasteiger partial charge in [0.1, 0.15) is 6.04 Å². The molecular formula is C29H50N4O4. The van der Waals surface area contributed by atoms with Gasteiger partial charge in [0.05, 0.1) is 19.3 Å². The maximum atomic E-state index is 13.9. The minimum Gasteiger partial charge on any atom is -0.349 e. The fourth-order valence-corrected chi connectivity index (χ4v) is 7.07. The molecule has 4 atom stereocenters. The van der Waals surface area contributed by atoms with Gasteiger partial charge in [-0.15, -0.1) is 0 Å². The Morgan fingerprint density at radius 3 is 2.22 bits per heavy atom. The van der Waals surface area contributed by atoms with Crippen LogP contribution in [0.4, 0.5) is 0 Å². The molecule has 37 heavy (non-hydrogen) atoms. The second-order valence-electron chi connectivity index (χ2n) is 13.5. The third-order valence-corrected chi connectivity index (χ3v) is 9.42. The van der Waals surface area contributed by atoms with Gasteiger partial charge in [-0.05, 0) is 50.0 Å². The third kappa shape index (κ3) is 6.18. The van der Waals surface area contributed by atoms with Crippen molar-refractivity contribution in [3.05, 3.63) is 0 Å². The molecule has 0 aromatic carbocycles. The normalized spacial score (nSPS) is 32.0. The van der Waals surface area contributed by atoms with Crippen molar-refractivity contribution in [3.8, 4) is 0 Å². The zero-order valence-corrected chi connectivity index (χ0v) is 23.9. The number of carbonyl (C=O) groups is 2. The van der Waals surface area contributed by atoms with E-state index in [0.29, 0.717) is 56.7 Å². The van der Waals surface area contributed by atoms with Crippen molar-refractivity contribution in [2.45, 2.75) is 77.7 Å². The summed E-state index contributed by atoms with van der Waals surface area (Å²) in [5.74, 6) is 2.82. The van der Waals surface area contributed by atoms with Crippen LogP contribution in [0.1, 0.15) is 59.8 Å². The quantitative estimate of drug-likeness (QED) is 0.492. The van der Waals surface area contributed by atoms with Crippen molar-refractivity contribution in [2.24, 2.45) is 29.6 Å². The number of rotatable bonds is 8. The van der Waals surface area contributed by atoms with Gasteiger partial charge in [-0.25, -0.2) is 0 Å². The number of likely N-dealkylation sites (N-methyl/N-ethyl adjacent to an activating group) is 1. The van der Waals surface area contributed by atoms with Crippen LogP contribution < -0.4 is 0 Å². The van der Waals surface area contributed by atoms with Crippen LogP contribution in [-0.2, 0) is 19.1 Å². The lowest BCUT2D eigenvalue weighted by Gasteiger charge is -2.47. The first-order valence-corrected chi connectivity index (χ1v) is 14.9. The Hall–Kier alpha value is -1.22. The molecule has 0 N–H and O–H groups in total. The molecule has 1 aliphatic carbocycles. The molecule has 4 saturated heterocycles. The second kappa shape index (κ2) is 11.1. The van der Waals surface area contributed by atoms with E-state index in [4.69, 9.17) is 9.47 Å². The molecule has 4 aliphatic heterocycles. The number of amides is 2. The third-order valence-electron chi connectivity index (χ3n) is 9.42. The van der Waals surface area contributed by atoms with E-state index >= 15 is 0 Å².